The van der Waals surface area contributed by atoms with Crippen LogP contribution in [0.15, 0.2) is 48.5 Å². The number of hydrogen-bond donors (Lipinski definition) is 1. The standard InChI is InChI=1S/C27H36FN3O2/c1-19(2)18-33-25-12-6-20(7-13-25)14-29-27(32)31(15-21-4-10-24(28)11-5-21)26-22-8-9-23(26)17-30(3)16-22/h4-7,10-13,19,22-23,26H,8-9,14-18H2,1-3H3,(H,29,32)/t22-,23+,26+. The van der Waals surface area contributed by atoms with Crippen LogP contribution in [0.3, 0.4) is 0 Å². The van der Waals surface area contributed by atoms with Crippen molar-refractivity contribution in [3.8, 4) is 5.75 Å². The molecule has 2 aliphatic rings. The topological polar surface area (TPSA) is 44.8 Å². The maximum Gasteiger partial charge on any atom is 0.318 e. The minimum atomic E-state index is -0.255. The van der Waals surface area contributed by atoms with Crippen LogP contribution in [0, 0.1) is 23.6 Å². The van der Waals surface area contributed by atoms with Gasteiger partial charge in [0, 0.05) is 32.2 Å². The van der Waals surface area contributed by atoms with Gasteiger partial charge in [0.15, 0.2) is 0 Å². The van der Waals surface area contributed by atoms with E-state index in [4.69, 9.17) is 4.74 Å². The number of likely N-dealkylation sites (tertiary alicyclic amines) is 1. The van der Waals surface area contributed by atoms with Gasteiger partial charge in [0.25, 0.3) is 0 Å². The Morgan fingerprint density at radius 1 is 1.06 bits per heavy atom. The molecule has 2 aromatic rings. The van der Waals surface area contributed by atoms with Crippen molar-refractivity contribution in [1.82, 2.24) is 15.1 Å². The van der Waals surface area contributed by atoms with Crippen LogP contribution >= 0.6 is 0 Å². The highest BCUT2D eigenvalue weighted by molar-refractivity contribution is 5.74. The van der Waals surface area contributed by atoms with Gasteiger partial charge in [0.2, 0.25) is 0 Å². The van der Waals surface area contributed by atoms with Gasteiger partial charge in [-0.05, 0) is 73.0 Å². The van der Waals surface area contributed by atoms with Crippen LogP contribution in [0.1, 0.15) is 37.8 Å². The maximum absolute atomic E-state index is 13.4. The lowest BCUT2D eigenvalue weighted by Crippen LogP contribution is -2.55. The maximum atomic E-state index is 13.4. The number of urea groups is 1. The first-order valence-corrected chi connectivity index (χ1v) is 12.1. The van der Waals surface area contributed by atoms with Crippen molar-refractivity contribution < 1.29 is 13.9 Å². The van der Waals surface area contributed by atoms with Crippen LogP contribution in [0.2, 0.25) is 0 Å². The summed E-state index contributed by atoms with van der Waals surface area (Å²) in [6.07, 6.45) is 2.31. The fraction of sp³-hybridized carbons (Fsp3) is 0.519. The van der Waals surface area contributed by atoms with E-state index in [1.54, 1.807) is 12.1 Å². The normalized spacial score (nSPS) is 22.4. The lowest BCUT2D eigenvalue weighted by atomic mass is 9.90. The molecule has 1 aliphatic heterocycles. The molecule has 0 unspecified atom stereocenters. The second-order valence-electron chi connectivity index (χ2n) is 10.1. The molecule has 5 nitrogen and oxygen atoms in total. The van der Waals surface area contributed by atoms with E-state index in [1.807, 2.05) is 29.2 Å². The third kappa shape index (κ3) is 6.05. The lowest BCUT2D eigenvalue weighted by Gasteiger charge is -2.42. The SMILES string of the molecule is CC(C)COc1ccc(CNC(=O)N(Cc2ccc(F)cc2)[C@H]2[C@@H]3CC[C@H]2CN(C)C3)cc1. The zero-order valence-corrected chi connectivity index (χ0v) is 20.0. The van der Waals surface area contributed by atoms with E-state index in [0.29, 0.717) is 37.5 Å². The minimum absolute atomic E-state index is 0.0501. The molecule has 1 saturated heterocycles. The molecule has 4 rings (SSSR count). The van der Waals surface area contributed by atoms with Gasteiger partial charge in [-0.1, -0.05) is 38.1 Å². The fourth-order valence-corrected chi connectivity index (χ4v) is 5.28. The highest BCUT2D eigenvalue weighted by Crippen LogP contribution is 2.40. The number of rotatable bonds is 8. The van der Waals surface area contributed by atoms with Gasteiger partial charge in [0.1, 0.15) is 11.6 Å². The Morgan fingerprint density at radius 3 is 2.27 bits per heavy atom. The third-order valence-corrected chi connectivity index (χ3v) is 6.80. The summed E-state index contributed by atoms with van der Waals surface area (Å²) in [7, 11) is 2.17. The molecule has 2 bridgehead atoms. The van der Waals surface area contributed by atoms with Gasteiger partial charge in [0.05, 0.1) is 6.61 Å². The smallest absolute Gasteiger partial charge is 0.318 e. The van der Waals surface area contributed by atoms with Gasteiger partial charge in [-0.25, -0.2) is 9.18 Å². The number of nitrogens with one attached hydrogen (secondary N) is 1. The number of nitrogens with zero attached hydrogens (tertiary/aromatic N) is 2. The predicted octanol–water partition coefficient (Wildman–Crippen LogP) is 4.91. The van der Waals surface area contributed by atoms with Crippen LogP contribution in [0.4, 0.5) is 9.18 Å². The molecule has 33 heavy (non-hydrogen) atoms. The average Bonchev–Trinajstić information content (AvgIpc) is 3.06. The second kappa shape index (κ2) is 10.6. The summed E-state index contributed by atoms with van der Waals surface area (Å²) >= 11 is 0. The molecule has 178 valence electrons. The number of amides is 2. The molecule has 2 amide bonds. The molecule has 6 heteroatoms. The summed E-state index contributed by atoms with van der Waals surface area (Å²) in [5, 5.41) is 3.14. The molecule has 1 heterocycles. The van der Waals surface area contributed by atoms with Crippen LogP contribution < -0.4 is 10.1 Å². The van der Waals surface area contributed by atoms with Crippen molar-refractivity contribution in [2.75, 3.05) is 26.7 Å². The van der Waals surface area contributed by atoms with Gasteiger partial charge in [-0.3, -0.25) is 0 Å². The molecule has 2 fully saturated rings. The first kappa shape index (κ1) is 23.6. The van der Waals surface area contributed by atoms with E-state index in [-0.39, 0.29) is 17.9 Å². The monoisotopic (exact) mass is 453 g/mol. The Morgan fingerprint density at radius 2 is 1.67 bits per heavy atom. The van der Waals surface area contributed by atoms with Crippen LogP contribution in [-0.2, 0) is 13.1 Å². The van der Waals surface area contributed by atoms with Gasteiger partial charge < -0.3 is 19.9 Å². The van der Waals surface area contributed by atoms with Crippen molar-refractivity contribution in [2.24, 2.45) is 17.8 Å². The zero-order chi connectivity index (χ0) is 23.4. The summed E-state index contributed by atoms with van der Waals surface area (Å²) in [6, 6.07) is 14.6. The highest BCUT2D eigenvalue weighted by Gasteiger charge is 2.45. The number of piperidine rings is 1. The molecule has 1 saturated carbocycles. The number of hydrogen-bond acceptors (Lipinski definition) is 3. The molecule has 0 radical (unpaired) electrons. The van der Waals surface area contributed by atoms with Crippen LogP contribution in [0.25, 0.3) is 0 Å². The Bertz CT molecular complexity index is 902. The van der Waals surface area contributed by atoms with E-state index >= 15 is 0 Å². The summed E-state index contributed by atoms with van der Waals surface area (Å²) in [6.45, 7) is 7.93. The fourth-order valence-electron chi connectivity index (χ4n) is 5.28. The first-order valence-electron chi connectivity index (χ1n) is 12.1. The molecular formula is C27H36FN3O2. The van der Waals surface area contributed by atoms with E-state index in [1.165, 1.54) is 12.1 Å². The largest absolute Gasteiger partial charge is 0.493 e. The van der Waals surface area contributed by atoms with Crippen molar-refractivity contribution >= 4 is 6.03 Å². The minimum Gasteiger partial charge on any atom is -0.493 e. The van der Waals surface area contributed by atoms with Crippen molar-refractivity contribution in [1.29, 1.82) is 0 Å². The zero-order valence-electron chi connectivity index (χ0n) is 20.0. The first-order chi connectivity index (χ1) is 15.9. The molecule has 0 aromatic heterocycles. The summed E-state index contributed by atoms with van der Waals surface area (Å²) in [4.78, 5) is 17.8. The van der Waals surface area contributed by atoms with Crippen molar-refractivity contribution in [3.05, 3.63) is 65.5 Å². The highest BCUT2D eigenvalue weighted by atomic mass is 19.1. The Kier molecular flexibility index (Phi) is 7.53. The second-order valence-corrected chi connectivity index (χ2v) is 10.1. The van der Waals surface area contributed by atoms with Crippen molar-refractivity contribution in [2.45, 2.75) is 45.8 Å². The number of carbonyl (C=O) groups excluding carboxylic acids is 1. The van der Waals surface area contributed by atoms with Crippen molar-refractivity contribution in [3.63, 3.8) is 0 Å². The predicted molar refractivity (Wildman–Crippen MR) is 128 cm³/mol. The van der Waals surface area contributed by atoms with Crippen LogP contribution in [-0.4, -0.2) is 48.6 Å². The van der Waals surface area contributed by atoms with Gasteiger partial charge in [-0.2, -0.15) is 0 Å². The molecular weight excluding hydrogens is 417 g/mol. The van der Waals surface area contributed by atoms with E-state index in [9.17, 15) is 9.18 Å². The summed E-state index contributed by atoms with van der Waals surface area (Å²) in [5.74, 6) is 2.04. The molecule has 2 aromatic carbocycles. The number of benzene rings is 2. The molecule has 3 atom stereocenters. The number of carbonyl (C=O) groups is 1. The molecule has 1 N–H and O–H groups in total. The Balaban J connectivity index is 1.43. The average molecular weight is 454 g/mol. The summed E-state index contributed by atoms with van der Waals surface area (Å²) < 4.78 is 19.2. The van der Waals surface area contributed by atoms with E-state index in [2.05, 4.69) is 31.1 Å². The van der Waals surface area contributed by atoms with E-state index in [0.717, 1.165) is 42.8 Å². The Labute approximate surface area is 196 Å². The lowest BCUT2D eigenvalue weighted by molar-refractivity contribution is 0.0726. The van der Waals surface area contributed by atoms with Crippen LogP contribution in [0.5, 0.6) is 5.75 Å². The quantitative estimate of drug-likeness (QED) is 0.618. The van der Waals surface area contributed by atoms with Gasteiger partial charge in [-0.15, -0.1) is 0 Å². The summed E-state index contributed by atoms with van der Waals surface area (Å²) in [5.41, 5.74) is 1.99. The molecule has 0 spiro atoms. The van der Waals surface area contributed by atoms with E-state index < -0.39 is 0 Å². The third-order valence-electron chi connectivity index (χ3n) is 6.80. The van der Waals surface area contributed by atoms with Gasteiger partial charge >= 0.3 is 6.03 Å². The number of fused-ring (bicyclic) bond motifs is 2. The number of ether oxygens (including phenoxy) is 1. The Hall–Kier alpha value is -2.60. The number of halogens is 1. The molecule has 1 aliphatic carbocycles.